The molecule has 6 heteroatoms. The van der Waals surface area contributed by atoms with Crippen LogP contribution >= 0.6 is 0 Å². The molecule has 2 heterocycles. The molecule has 1 aliphatic heterocycles. The van der Waals surface area contributed by atoms with E-state index in [0.29, 0.717) is 23.6 Å². The van der Waals surface area contributed by atoms with E-state index in [9.17, 15) is 9.59 Å². The van der Waals surface area contributed by atoms with Gasteiger partial charge >= 0.3 is 0 Å². The van der Waals surface area contributed by atoms with Gasteiger partial charge in [0.2, 0.25) is 5.91 Å². The molecule has 3 rings (SSSR count). The second-order valence-corrected chi connectivity index (χ2v) is 8.21. The molecule has 2 aliphatic rings. The largest absolute Gasteiger partial charge is 0.349 e. The number of likely N-dealkylation sites (N-methyl/N-ethyl adjacent to an activating group) is 1. The van der Waals surface area contributed by atoms with Crippen LogP contribution < -0.4 is 5.32 Å². The van der Waals surface area contributed by atoms with Crippen molar-refractivity contribution in [2.45, 2.75) is 51.6 Å². The van der Waals surface area contributed by atoms with Gasteiger partial charge in [-0.05, 0) is 64.1 Å². The van der Waals surface area contributed by atoms with Crippen LogP contribution in [0.2, 0.25) is 0 Å². The molecule has 0 atom stereocenters. The third-order valence-electron chi connectivity index (χ3n) is 6.06. The Morgan fingerprint density at radius 3 is 2.62 bits per heavy atom. The molecule has 2 amide bonds. The lowest BCUT2D eigenvalue weighted by molar-refractivity contribution is -0.136. The van der Waals surface area contributed by atoms with Crippen molar-refractivity contribution in [1.82, 2.24) is 20.1 Å². The molecule has 142 valence electrons. The minimum atomic E-state index is -0.0395. The van der Waals surface area contributed by atoms with Gasteiger partial charge in [0, 0.05) is 37.6 Å². The summed E-state index contributed by atoms with van der Waals surface area (Å²) in [7, 11) is 2.00. The molecule has 0 aromatic carbocycles. The summed E-state index contributed by atoms with van der Waals surface area (Å²) in [6.45, 7) is 6.39. The number of hydrogen-bond donors (Lipinski definition) is 1. The van der Waals surface area contributed by atoms with Gasteiger partial charge in [0.15, 0.2) is 0 Å². The van der Waals surface area contributed by atoms with Crippen LogP contribution in [0.3, 0.4) is 0 Å². The van der Waals surface area contributed by atoms with Crippen molar-refractivity contribution in [3.8, 4) is 0 Å². The van der Waals surface area contributed by atoms with Gasteiger partial charge in [-0.25, -0.2) is 0 Å². The SMILES string of the molecule is CC(C)N(C)CC(=O)N1CCC2(CC1)CC(NC(=O)c1cccnc1)C2. The molecular formula is C20H30N4O2. The number of nitrogens with one attached hydrogen (secondary N) is 1. The summed E-state index contributed by atoms with van der Waals surface area (Å²) in [5.74, 6) is 0.194. The fraction of sp³-hybridized carbons (Fsp3) is 0.650. The molecule has 1 saturated heterocycles. The third kappa shape index (κ3) is 4.23. The Kier molecular flexibility index (Phi) is 5.61. The summed E-state index contributed by atoms with van der Waals surface area (Å²) in [6, 6.07) is 4.19. The smallest absolute Gasteiger partial charge is 0.253 e. The third-order valence-corrected chi connectivity index (χ3v) is 6.06. The number of pyridine rings is 1. The molecule has 0 bridgehead atoms. The Balaban J connectivity index is 1.42. The quantitative estimate of drug-likeness (QED) is 0.873. The van der Waals surface area contributed by atoms with Crippen molar-refractivity contribution in [3.63, 3.8) is 0 Å². The predicted molar refractivity (Wildman–Crippen MR) is 101 cm³/mol. The summed E-state index contributed by atoms with van der Waals surface area (Å²) >= 11 is 0. The first-order valence-corrected chi connectivity index (χ1v) is 9.57. The van der Waals surface area contributed by atoms with E-state index in [0.717, 1.165) is 38.8 Å². The van der Waals surface area contributed by atoms with E-state index in [4.69, 9.17) is 0 Å². The lowest BCUT2D eigenvalue weighted by atomic mass is 9.60. The Labute approximate surface area is 156 Å². The molecule has 1 saturated carbocycles. The van der Waals surface area contributed by atoms with Crippen molar-refractivity contribution in [2.75, 3.05) is 26.7 Å². The zero-order chi connectivity index (χ0) is 18.7. The van der Waals surface area contributed by atoms with Crippen LogP contribution in [-0.2, 0) is 4.79 Å². The fourth-order valence-electron chi connectivity index (χ4n) is 3.99. The molecule has 1 aromatic rings. The lowest BCUT2D eigenvalue weighted by Gasteiger charge is -2.52. The van der Waals surface area contributed by atoms with Crippen LogP contribution in [0.1, 0.15) is 49.9 Å². The molecule has 1 aromatic heterocycles. The zero-order valence-electron chi connectivity index (χ0n) is 16.1. The molecule has 0 unspecified atom stereocenters. The Morgan fingerprint density at radius 1 is 1.35 bits per heavy atom. The van der Waals surface area contributed by atoms with E-state index in [1.54, 1.807) is 24.5 Å². The van der Waals surface area contributed by atoms with Gasteiger partial charge in [-0.3, -0.25) is 19.5 Å². The van der Waals surface area contributed by atoms with Gasteiger partial charge in [-0.15, -0.1) is 0 Å². The predicted octanol–water partition coefficient (Wildman–Crippen LogP) is 1.92. The molecule has 1 aliphatic carbocycles. The van der Waals surface area contributed by atoms with Crippen LogP contribution in [0, 0.1) is 5.41 Å². The maximum atomic E-state index is 12.4. The van der Waals surface area contributed by atoms with E-state index in [-0.39, 0.29) is 17.9 Å². The van der Waals surface area contributed by atoms with Crippen LogP contribution in [0.15, 0.2) is 24.5 Å². The number of rotatable bonds is 5. The highest BCUT2D eigenvalue weighted by atomic mass is 16.2. The highest BCUT2D eigenvalue weighted by molar-refractivity contribution is 5.94. The fourth-order valence-corrected chi connectivity index (χ4v) is 3.99. The minimum absolute atomic E-state index is 0.0395. The summed E-state index contributed by atoms with van der Waals surface area (Å²) in [6.07, 6.45) is 7.40. The average molecular weight is 358 g/mol. The number of hydrogen-bond acceptors (Lipinski definition) is 4. The minimum Gasteiger partial charge on any atom is -0.349 e. The molecule has 26 heavy (non-hydrogen) atoms. The zero-order valence-corrected chi connectivity index (χ0v) is 16.1. The Bertz CT molecular complexity index is 630. The van der Waals surface area contributed by atoms with Crippen molar-refractivity contribution < 1.29 is 9.59 Å². The molecule has 1 N–H and O–H groups in total. The maximum absolute atomic E-state index is 12.4. The topological polar surface area (TPSA) is 65.5 Å². The van der Waals surface area contributed by atoms with E-state index in [1.165, 1.54) is 0 Å². The van der Waals surface area contributed by atoms with Gasteiger partial charge in [-0.2, -0.15) is 0 Å². The number of carbonyl (C=O) groups is 2. The van der Waals surface area contributed by atoms with Gasteiger partial charge < -0.3 is 10.2 Å². The summed E-state index contributed by atoms with van der Waals surface area (Å²) in [5.41, 5.74) is 0.927. The van der Waals surface area contributed by atoms with Crippen molar-refractivity contribution in [3.05, 3.63) is 30.1 Å². The van der Waals surface area contributed by atoms with E-state index < -0.39 is 0 Å². The lowest BCUT2D eigenvalue weighted by Crippen LogP contribution is -2.56. The second kappa shape index (κ2) is 7.74. The maximum Gasteiger partial charge on any atom is 0.253 e. The number of carbonyl (C=O) groups excluding carboxylic acids is 2. The standard InChI is InChI=1S/C20H30N4O2/c1-15(2)23(3)14-18(25)24-9-6-20(7-10-24)11-17(12-20)22-19(26)16-5-4-8-21-13-16/h4-5,8,13,15,17H,6-7,9-12,14H2,1-3H3,(H,22,26). The van der Waals surface area contributed by atoms with E-state index in [1.807, 2.05) is 11.9 Å². The van der Waals surface area contributed by atoms with Crippen molar-refractivity contribution >= 4 is 11.8 Å². The highest BCUT2D eigenvalue weighted by Gasteiger charge is 2.46. The first-order valence-electron chi connectivity index (χ1n) is 9.57. The van der Waals surface area contributed by atoms with Crippen molar-refractivity contribution in [1.29, 1.82) is 0 Å². The molecule has 6 nitrogen and oxygen atoms in total. The summed E-state index contributed by atoms with van der Waals surface area (Å²) in [4.78, 5) is 32.7. The van der Waals surface area contributed by atoms with Crippen molar-refractivity contribution in [2.24, 2.45) is 5.41 Å². The van der Waals surface area contributed by atoms with E-state index >= 15 is 0 Å². The van der Waals surface area contributed by atoms with Crippen LogP contribution in [0.5, 0.6) is 0 Å². The number of nitrogens with zero attached hydrogens (tertiary/aromatic N) is 3. The average Bonchev–Trinajstić information content (AvgIpc) is 2.61. The van der Waals surface area contributed by atoms with Gasteiger partial charge in [-0.1, -0.05) is 0 Å². The number of amides is 2. The number of likely N-dealkylation sites (tertiary alicyclic amines) is 1. The first-order chi connectivity index (χ1) is 12.4. The molecule has 1 spiro atoms. The van der Waals surface area contributed by atoms with Gasteiger partial charge in [0.05, 0.1) is 12.1 Å². The second-order valence-electron chi connectivity index (χ2n) is 8.21. The molecule has 2 fully saturated rings. The Morgan fingerprint density at radius 2 is 2.04 bits per heavy atom. The van der Waals surface area contributed by atoms with Gasteiger partial charge in [0.25, 0.3) is 5.91 Å². The normalized spacial score (nSPS) is 19.7. The molecular weight excluding hydrogens is 328 g/mol. The summed E-state index contributed by atoms with van der Waals surface area (Å²) in [5, 5.41) is 3.11. The monoisotopic (exact) mass is 358 g/mol. The Hall–Kier alpha value is -1.95. The van der Waals surface area contributed by atoms with Crippen LogP contribution in [0.4, 0.5) is 0 Å². The number of piperidine rings is 1. The van der Waals surface area contributed by atoms with Gasteiger partial charge in [0.1, 0.15) is 0 Å². The molecule has 0 radical (unpaired) electrons. The number of aromatic nitrogens is 1. The highest BCUT2D eigenvalue weighted by Crippen LogP contribution is 2.49. The summed E-state index contributed by atoms with van der Waals surface area (Å²) < 4.78 is 0. The van der Waals surface area contributed by atoms with E-state index in [2.05, 4.69) is 29.0 Å². The van der Waals surface area contributed by atoms with Crippen LogP contribution in [-0.4, -0.2) is 65.4 Å². The van der Waals surface area contributed by atoms with Crippen LogP contribution in [0.25, 0.3) is 0 Å². The first kappa shape index (κ1) is 18.8.